The van der Waals surface area contributed by atoms with Crippen molar-refractivity contribution in [3.63, 3.8) is 0 Å². The molecule has 0 aliphatic heterocycles. The number of nitrogens with zero attached hydrogens (tertiary/aromatic N) is 1. The van der Waals surface area contributed by atoms with Crippen LogP contribution < -0.4 is 5.73 Å². The van der Waals surface area contributed by atoms with E-state index in [2.05, 4.69) is 25.9 Å². The Morgan fingerprint density at radius 1 is 1.42 bits per heavy atom. The maximum Gasteiger partial charge on any atom is 0.0215 e. The van der Waals surface area contributed by atoms with Crippen molar-refractivity contribution in [3.8, 4) is 0 Å². The predicted octanol–water partition coefficient (Wildman–Crippen LogP) is 1.46. The van der Waals surface area contributed by atoms with Crippen molar-refractivity contribution in [2.45, 2.75) is 38.1 Å². The molecule has 2 atom stereocenters. The molecule has 0 aromatic rings. The molecule has 1 aliphatic carbocycles. The lowest BCUT2D eigenvalue weighted by atomic mass is 9.73. The zero-order valence-electron chi connectivity index (χ0n) is 8.64. The molecular weight excluding hydrogens is 148 g/mol. The number of nitrogens with two attached hydrogens (primary N) is 1. The molecule has 1 fully saturated rings. The maximum atomic E-state index is 5.79. The van der Waals surface area contributed by atoms with Crippen molar-refractivity contribution in [2.24, 2.45) is 11.7 Å². The minimum Gasteiger partial charge on any atom is -0.330 e. The van der Waals surface area contributed by atoms with Crippen molar-refractivity contribution in [3.05, 3.63) is 0 Å². The first-order valence-electron chi connectivity index (χ1n) is 4.99. The Balaban J connectivity index is 2.68. The molecule has 12 heavy (non-hydrogen) atoms. The average Bonchev–Trinajstić information content (AvgIpc) is 2.05. The largest absolute Gasteiger partial charge is 0.330 e. The van der Waals surface area contributed by atoms with E-state index in [0.29, 0.717) is 11.5 Å². The molecule has 1 saturated carbocycles. The summed E-state index contributed by atoms with van der Waals surface area (Å²) in [5.74, 6) is 0.696. The summed E-state index contributed by atoms with van der Waals surface area (Å²) in [4.78, 5) is 2.35. The van der Waals surface area contributed by atoms with Gasteiger partial charge in [-0.15, -0.1) is 0 Å². The van der Waals surface area contributed by atoms with E-state index in [9.17, 15) is 0 Å². The van der Waals surface area contributed by atoms with Gasteiger partial charge >= 0.3 is 0 Å². The van der Waals surface area contributed by atoms with Crippen molar-refractivity contribution < 1.29 is 0 Å². The third kappa shape index (κ3) is 1.64. The van der Waals surface area contributed by atoms with Gasteiger partial charge in [-0.2, -0.15) is 0 Å². The Bertz CT molecular complexity index is 145. The quantitative estimate of drug-likeness (QED) is 0.680. The first kappa shape index (κ1) is 10.0. The van der Waals surface area contributed by atoms with Gasteiger partial charge in [-0.3, -0.25) is 0 Å². The predicted molar refractivity (Wildman–Crippen MR) is 53.1 cm³/mol. The molecule has 72 valence electrons. The van der Waals surface area contributed by atoms with E-state index in [1.54, 1.807) is 0 Å². The van der Waals surface area contributed by atoms with Crippen LogP contribution in [0.3, 0.4) is 0 Å². The number of rotatable bonds is 2. The molecule has 2 N–H and O–H groups in total. The van der Waals surface area contributed by atoms with Crippen LogP contribution in [0.5, 0.6) is 0 Å². The van der Waals surface area contributed by atoms with Crippen molar-refractivity contribution >= 4 is 0 Å². The smallest absolute Gasteiger partial charge is 0.0215 e. The topological polar surface area (TPSA) is 29.3 Å². The monoisotopic (exact) mass is 170 g/mol. The van der Waals surface area contributed by atoms with Gasteiger partial charge in [-0.1, -0.05) is 12.8 Å². The molecule has 0 heterocycles. The first-order chi connectivity index (χ1) is 5.61. The summed E-state index contributed by atoms with van der Waals surface area (Å²) in [6.07, 6.45) is 5.35. The fourth-order valence-electron chi connectivity index (χ4n) is 2.35. The van der Waals surface area contributed by atoms with Crippen molar-refractivity contribution in [1.29, 1.82) is 0 Å². The SMILES string of the molecule is CN(C)C1(C)CCCCC1CN. The molecule has 1 aliphatic rings. The Morgan fingerprint density at radius 3 is 2.50 bits per heavy atom. The standard InChI is InChI=1S/C10H22N2/c1-10(12(2)3)7-5-4-6-9(10)8-11/h9H,4-8,11H2,1-3H3. The van der Waals surface area contributed by atoms with E-state index in [1.165, 1.54) is 25.7 Å². The van der Waals surface area contributed by atoms with Crippen LogP contribution in [0.2, 0.25) is 0 Å². The third-order valence-corrected chi connectivity index (χ3v) is 3.67. The molecule has 0 aromatic heterocycles. The highest BCUT2D eigenvalue weighted by molar-refractivity contribution is 4.93. The summed E-state index contributed by atoms with van der Waals surface area (Å²) in [5.41, 5.74) is 6.14. The lowest BCUT2D eigenvalue weighted by Gasteiger charge is -2.46. The zero-order valence-corrected chi connectivity index (χ0v) is 8.64. The lowest BCUT2D eigenvalue weighted by Crippen LogP contribution is -2.52. The lowest BCUT2D eigenvalue weighted by molar-refractivity contribution is 0.0589. The fourth-order valence-corrected chi connectivity index (χ4v) is 2.35. The molecule has 2 nitrogen and oxygen atoms in total. The second-order valence-corrected chi connectivity index (χ2v) is 4.43. The molecule has 0 saturated heterocycles. The summed E-state index contributed by atoms with van der Waals surface area (Å²) in [7, 11) is 4.35. The molecule has 2 heteroatoms. The summed E-state index contributed by atoms with van der Waals surface area (Å²) in [6, 6.07) is 0. The van der Waals surface area contributed by atoms with E-state index in [1.807, 2.05) is 0 Å². The Morgan fingerprint density at radius 2 is 2.08 bits per heavy atom. The molecule has 0 radical (unpaired) electrons. The summed E-state index contributed by atoms with van der Waals surface area (Å²) in [5, 5.41) is 0. The summed E-state index contributed by atoms with van der Waals surface area (Å²) in [6.45, 7) is 3.19. The highest BCUT2D eigenvalue weighted by atomic mass is 15.1. The van der Waals surface area contributed by atoms with Crippen molar-refractivity contribution in [2.75, 3.05) is 20.6 Å². The first-order valence-corrected chi connectivity index (χ1v) is 4.99. The van der Waals surface area contributed by atoms with Gasteiger partial charge in [0.05, 0.1) is 0 Å². The zero-order chi connectivity index (χ0) is 9.19. The van der Waals surface area contributed by atoms with Crippen LogP contribution >= 0.6 is 0 Å². The molecule has 1 rings (SSSR count). The molecule has 0 aromatic carbocycles. The molecule has 2 unspecified atom stereocenters. The summed E-state index contributed by atoms with van der Waals surface area (Å²) < 4.78 is 0. The average molecular weight is 170 g/mol. The van der Waals surface area contributed by atoms with E-state index in [4.69, 9.17) is 5.73 Å². The Hall–Kier alpha value is -0.0800. The normalized spacial score (nSPS) is 37.2. The van der Waals surface area contributed by atoms with Gasteiger partial charge < -0.3 is 10.6 Å². The molecular formula is C10H22N2. The van der Waals surface area contributed by atoms with Crippen LogP contribution in [0.1, 0.15) is 32.6 Å². The van der Waals surface area contributed by atoms with Crippen LogP contribution in [0, 0.1) is 5.92 Å². The van der Waals surface area contributed by atoms with Crippen LogP contribution in [0.15, 0.2) is 0 Å². The minimum atomic E-state index is 0.354. The van der Waals surface area contributed by atoms with Crippen LogP contribution in [-0.4, -0.2) is 31.1 Å². The van der Waals surface area contributed by atoms with Crippen molar-refractivity contribution in [1.82, 2.24) is 4.90 Å². The van der Waals surface area contributed by atoms with Crippen LogP contribution in [0.4, 0.5) is 0 Å². The van der Waals surface area contributed by atoms with Gasteiger partial charge in [0.1, 0.15) is 0 Å². The van der Waals surface area contributed by atoms with E-state index in [-0.39, 0.29) is 0 Å². The second-order valence-electron chi connectivity index (χ2n) is 4.43. The summed E-state index contributed by atoms with van der Waals surface area (Å²) >= 11 is 0. The van der Waals surface area contributed by atoms with E-state index in [0.717, 1.165) is 6.54 Å². The van der Waals surface area contributed by atoms with Crippen LogP contribution in [0.25, 0.3) is 0 Å². The maximum absolute atomic E-state index is 5.79. The molecule has 0 amide bonds. The Labute approximate surface area is 76.1 Å². The minimum absolute atomic E-state index is 0.354. The van der Waals surface area contributed by atoms with Gasteiger partial charge in [0.25, 0.3) is 0 Å². The van der Waals surface area contributed by atoms with Gasteiger partial charge in [0, 0.05) is 5.54 Å². The Kier molecular flexibility index (Phi) is 3.13. The van der Waals surface area contributed by atoms with Gasteiger partial charge in [-0.25, -0.2) is 0 Å². The number of hydrogen-bond acceptors (Lipinski definition) is 2. The fraction of sp³-hybridized carbons (Fsp3) is 1.00. The highest BCUT2D eigenvalue weighted by Crippen LogP contribution is 2.36. The van der Waals surface area contributed by atoms with Gasteiger partial charge in [0.15, 0.2) is 0 Å². The van der Waals surface area contributed by atoms with Gasteiger partial charge in [0.2, 0.25) is 0 Å². The molecule has 0 spiro atoms. The second kappa shape index (κ2) is 3.75. The van der Waals surface area contributed by atoms with Gasteiger partial charge in [-0.05, 0) is 46.3 Å². The van der Waals surface area contributed by atoms with E-state index >= 15 is 0 Å². The third-order valence-electron chi connectivity index (χ3n) is 3.67. The molecule has 0 bridgehead atoms. The number of hydrogen-bond donors (Lipinski definition) is 1. The highest BCUT2D eigenvalue weighted by Gasteiger charge is 2.37. The van der Waals surface area contributed by atoms with E-state index < -0.39 is 0 Å². The van der Waals surface area contributed by atoms with Crippen LogP contribution in [-0.2, 0) is 0 Å².